The van der Waals surface area contributed by atoms with E-state index < -0.39 is 0 Å². The van der Waals surface area contributed by atoms with E-state index in [1.54, 1.807) is 11.3 Å². The molecule has 1 aromatic rings. The lowest BCUT2D eigenvalue weighted by Crippen LogP contribution is -2.34. The number of hydrogen-bond acceptors (Lipinski definition) is 4. The van der Waals surface area contributed by atoms with E-state index in [9.17, 15) is 4.79 Å². The van der Waals surface area contributed by atoms with Crippen molar-refractivity contribution in [2.75, 3.05) is 13.1 Å². The Balaban J connectivity index is 2.00. The average molecular weight is 227 g/mol. The molecule has 0 unspecified atom stereocenters. The molecule has 15 heavy (non-hydrogen) atoms. The van der Waals surface area contributed by atoms with Crippen molar-refractivity contribution in [2.45, 2.75) is 20.4 Å². The third-order valence-corrected chi connectivity index (χ3v) is 2.55. The van der Waals surface area contributed by atoms with Gasteiger partial charge in [-0.15, -0.1) is 11.3 Å². The van der Waals surface area contributed by atoms with Crippen LogP contribution in [0.1, 0.15) is 19.5 Å². The SMILES string of the molecule is CC(C)C(=O)NCCNCc1cscn1. The molecule has 2 N–H and O–H groups in total. The van der Waals surface area contributed by atoms with Crippen LogP contribution >= 0.6 is 11.3 Å². The number of nitrogens with one attached hydrogen (secondary N) is 2. The van der Waals surface area contributed by atoms with E-state index in [2.05, 4.69) is 15.6 Å². The molecule has 0 saturated heterocycles. The Labute approximate surface area is 94.1 Å². The van der Waals surface area contributed by atoms with Crippen LogP contribution in [0, 0.1) is 5.92 Å². The Morgan fingerprint density at radius 2 is 2.33 bits per heavy atom. The van der Waals surface area contributed by atoms with Crippen molar-refractivity contribution in [1.82, 2.24) is 15.6 Å². The van der Waals surface area contributed by atoms with Gasteiger partial charge in [0.2, 0.25) is 5.91 Å². The fraction of sp³-hybridized carbons (Fsp3) is 0.600. The third-order valence-electron chi connectivity index (χ3n) is 1.91. The topological polar surface area (TPSA) is 54.0 Å². The van der Waals surface area contributed by atoms with Crippen LogP contribution < -0.4 is 10.6 Å². The number of aromatic nitrogens is 1. The summed E-state index contributed by atoms with van der Waals surface area (Å²) in [7, 11) is 0. The lowest BCUT2D eigenvalue weighted by atomic mass is 10.2. The van der Waals surface area contributed by atoms with E-state index in [0.717, 1.165) is 18.8 Å². The van der Waals surface area contributed by atoms with Crippen molar-refractivity contribution in [2.24, 2.45) is 5.92 Å². The Bertz CT molecular complexity index is 285. The summed E-state index contributed by atoms with van der Waals surface area (Å²) in [6.07, 6.45) is 0. The standard InChI is InChI=1S/C10H17N3OS/c1-8(2)10(14)12-4-3-11-5-9-6-15-7-13-9/h6-8,11H,3-5H2,1-2H3,(H,12,14). The highest BCUT2D eigenvalue weighted by molar-refractivity contribution is 7.07. The molecule has 1 rings (SSSR count). The number of nitrogens with zero attached hydrogens (tertiary/aromatic N) is 1. The highest BCUT2D eigenvalue weighted by Crippen LogP contribution is 1.99. The van der Waals surface area contributed by atoms with Gasteiger partial charge in [-0.1, -0.05) is 13.8 Å². The fourth-order valence-electron chi connectivity index (χ4n) is 1.02. The molecule has 0 aliphatic heterocycles. The van der Waals surface area contributed by atoms with E-state index >= 15 is 0 Å². The van der Waals surface area contributed by atoms with Gasteiger partial charge < -0.3 is 10.6 Å². The zero-order valence-electron chi connectivity index (χ0n) is 9.12. The lowest BCUT2D eigenvalue weighted by Gasteiger charge is -2.07. The van der Waals surface area contributed by atoms with Gasteiger partial charge in [0.05, 0.1) is 11.2 Å². The molecular formula is C10H17N3OS. The normalized spacial score (nSPS) is 10.6. The van der Waals surface area contributed by atoms with Crippen molar-refractivity contribution in [3.8, 4) is 0 Å². The van der Waals surface area contributed by atoms with Crippen LogP contribution in [0.25, 0.3) is 0 Å². The third kappa shape index (κ3) is 4.90. The number of thiazole rings is 1. The first-order chi connectivity index (χ1) is 7.20. The van der Waals surface area contributed by atoms with Gasteiger partial charge in [-0.3, -0.25) is 4.79 Å². The van der Waals surface area contributed by atoms with Gasteiger partial charge in [-0.25, -0.2) is 4.98 Å². The zero-order chi connectivity index (χ0) is 11.1. The van der Waals surface area contributed by atoms with Gasteiger partial charge in [0.25, 0.3) is 0 Å². The molecule has 0 saturated carbocycles. The number of carbonyl (C=O) groups excluding carboxylic acids is 1. The molecule has 1 aromatic heterocycles. The molecule has 0 spiro atoms. The Morgan fingerprint density at radius 1 is 1.53 bits per heavy atom. The van der Waals surface area contributed by atoms with E-state index in [4.69, 9.17) is 0 Å². The van der Waals surface area contributed by atoms with Gasteiger partial charge in [0.1, 0.15) is 0 Å². The van der Waals surface area contributed by atoms with Gasteiger partial charge in [-0.2, -0.15) is 0 Å². The second-order valence-corrected chi connectivity index (χ2v) is 4.32. The maximum absolute atomic E-state index is 11.2. The minimum atomic E-state index is 0.0588. The molecule has 0 aliphatic carbocycles. The molecule has 0 atom stereocenters. The van der Waals surface area contributed by atoms with E-state index in [1.165, 1.54) is 0 Å². The number of rotatable bonds is 6. The zero-order valence-corrected chi connectivity index (χ0v) is 9.93. The summed E-state index contributed by atoms with van der Waals surface area (Å²) in [6, 6.07) is 0. The Hall–Kier alpha value is -0.940. The maximum atomic E-state index is 11.2. The van der Waals surface area contributed by atoms with Crippen molar-refractivity contribution in [1.29, 1.82) is 0 Å². The van der Waals surface area contributed by atoms with Crippen molar-refractivity contribution in [3.63, 3.8) is 0 Å². The largest absolute Gasteiger partial charge is 0.355 e. The van der Waals surface area contributed by atoms with Crippen LogP contribution in [-0.4, -0.2) is 24.0 Å². The predicted octanol–water partition coefficient (Wildman–Crippen LogP) is 1.00. The summed E-state index contributed by atoms with van der Waals surface area (Å²) in [5, 5.41) is 8.07. The van der Waals surface area contributed by atoms with Gasteiger partial charge >= 0.3 is 0 Å². The van der Waals surface area contributed by atoms with Crippen molar-refractivity contribution >= 4 is 17.2 Å². The van der Waals surface area contributed by atoms with E-state index in [-0.39, 0.29) is 11.8 Å². The molecule has 5 heteroatoms. The minimum Gasteiger partial charge on any atom is -0.355 e. The van der Waals surface area contributed by atoms with Gasteiger partial charge in [-0.05, 0) is 0 Å². The summed E-state index contributed by atoms with van der Waals surface area (Å²) < 4.78 is 0. The molecule has 0 radical (unpaired) electrons. The molecule has 4 nitrogen and oxygen atoms in total. The van der Waals surface area contributed by atoms with Crippen LogP contribution in [0.2, 0.25) is 0 Å². The van der Waals surface area contributed by atoms with Gasteiger partial charge in [0, 0.05) is 30.9 Å². The highest BCUT2D eigenvalue weighted by atomic mass is 32.1. The van der Waals surface area contributed by atoms with Gasteiger partial charge in [0.15, 0.2) is 0 Å². The highest BCUT2D eigenvalue weighted by Gasteiger charge is 2.04. The first-order valence-electron chi connectivity index (χ1n) is 5.05. The molecule has 1 heterocycles. The number of carbonyl (C=O) groups is 1. The second-order valence-electron chi connectivity index (χ2n) is 3.60. The average Bonchev–Trinajstić information content (AvgIpc) is 2.69. The summed E-state index contributed by atoms with van der Waals surface area (Å²) in [4.78, 5) is 15.3. The molecule has 0 bridgehead atoms. The lowest BCUT2D eigenvalue weighted by molar-refractivity contribution is -0.123. The molecule has 84 valence electrons. The summed E-state index contributed by atoms with van der Waals surface area (Å²) in [5.41, 5.74) is 2.87. The smallest absolute Gasteiger partial charge is 0.222 e. The Morgan fingerprint density at radius 3 is 2.93 bits per heavy atom. The molecule has 0 aliphatic rings. The second kappa shape index (κ2) is 6.53. The van der Waals surface area contributed by atoms with Crippen LogP contribution in [-0.2, 0) is 11.3 Å². The monoisotopic (exact) mass is 227 g/mol. The predicted molar refractivity (Wildman–Crippen MR) is 61.7 cm³/mol. The van der Waals surface area contributed by atoms with E-state index in [0.29, 0.717) is 6.54 Å². The molecular weight excluding hydrogens is 210 g/mol. The molecule has 0 fully saturated rings. The van der Waals surface area contributed by atoms with E-state index in [1.807, 2.05) is 24.7 Å². The Kier molecular flexibility index (Phi) is 5.28. The number of amides is 1. The quantitative estimate of drug-likeness (QED) is 0.713. The van der Waals surface area contributed by atoms with Crippen LogP contribution in [0.15, 0.2) is 10.9 Å². The minimum absolute atomic E-state index is 0.0588. The summed E-state index contributed by atoms with van der Waals surface area (Å²) in [5.74, 6) is 0.161. The fourth-order valence-corrected chi connectivity index (χ4v) is 1.58. The summed E-state index contributed by atoms with van der Waals surface area (Å²) >= 11 is 1.59. The van der Waals surface area contributed by atoms with Crippen LogP contribution in [0.5, 0.6) is 0 Å². The molecule has 1 amide bonds. The first kappa shape index (κ1) is 12.1. The molecule has 0 aromatic carbocycles. The number of hydrogen-bond donors (Lipinski definition) is 2. The first-order valence-corrected chi connectivity index (χ1v) is 6.00. The summed E-state index contributed by atoms with van der Waals surface area (Å²) in [6.45, 7) is 5.98. The maximum Gasteiger partial charge on any atom is 0.222 e. The van der Waals surface area contributed by atoms with Crippen molar-refractivity contribution in [3.05, 3.63) is 16.6 Å². The van der Waals surface area contributed by atoms with Crippen LogP contribution in [0.3, 0.4) is 0 Å². The van der Waals surface area contributed by atoms with Crippen LogP contribution in [0.4, 0.5) is 0 Å². The van der Waals surface area contributed by atoms with Crippen molar-refractivity contribution < 1.29 is 4.79 Å².